The number of aliphatic hydroxyl groups excluding tert-OH is 1. The number of carbonyl (C=O) groups is 1. The van der Waals surface area contributed by atoms with Gasteiger partial charge in [0.1, 0.15) is 0 Å². The Bertz CT molecular complexity index is 864. The number of hydrogen-bond acceptors (Lipinski definition) is 3. The van der Waals surface area contributed by atoms with Gasteiger partial charge in [-0.3, -0.25) is 4.79 Å². The SMILES string of the molecule is O=C(NC[C@H](O)c1ccc(-c2ccsc2)cc1)c1ccc(F)c(F)c1. The lowest BCUT2D eigenvalue weighted by Gasteiger charge is -2.13. The van der Waals surface area contributed by atoms with Crippen molar-refractivity contribution in [1.82, 2.24) is 5.32 Å². The van der Waals surface area contributed by atoms with Crippen LogP contribution in [0.4, 0.5) is 8.78 Å². The highest BCUT2D eigenvalue weighted by Crippen LogP contribution is 2.24. The van der Waals surface area contributed by atoms with Gasteiger partial charge in [0.2, 0.25) is 0 Å². The molecule has 3 nitrogen and oxygen atoms in total. The first-order valence-electron chi connectivity index (χ1n) is 7.58. The van der Waals surface area contributed by atoms with Gasteiger partial charge < -0.3 is 10.4 Å². The highest BCUT2D eigenvalue weighted by Gasteiger charge is 2.13. The summed E-state index contributed by atoms with van der Waals surface area (Å²) in [7, 11) is 0. The fourth-order valence-corrected chi connectivity index (χ4v) is 3.04. The van der Waals surface area contributed by atoms with E-state index in [0.29, 0.717) is 5.56 Å². The van der Waals surface area contributed by atoms with E-state index in [9.17, 15) is 18.7 Å². The molecule has 0 saturated heterocycles. The molecule has 25 heavy (non-hydrogen) atoms. The second-order valence-electron chi connectivity index (χ2n) is 5.49. The number of rotatable bonds is 5. The van der Waals surface area contributed by atoms with E-state index in [1.807, 2.05) is 29.0 Å². The van der Waals surface area contributed by atoms with Crippen molar-refractivity contribution in [2.24, 2.45) is 0 Å². The lowest BCUT2D eigenvalue weighted by molar-refractivity contribution is 0.0916. The van der Waals surface area contributed by atoms with E-state index in [-0.39, 0.29) is 12.1 Å². The normalized spacial score (nSPS) is 12.0. The van der Waals surface area contributed by atoms with Crippen LogP contribution in [0.2, 0.25) is 0 Å². The average Bonchev–Trinajstić information content (AvgIpc) is 3.16. The summed E-state index contributed by atoms with van der Waals surface area (Å²) >= 11 is 1.61. The standard InChI is InChI=1S/C19H15F2NO2S/c20-16-6-5-14(9-17(16)21)19(24)22-10-18(23)13-3-1-12(2-4-13)15-7-8-25-11-15/h1-9,11,18,23H,10H2,(H,22,24)/t18-/m0/s1. The molecule has 1 aromatic heterocycles. The molecule has 2 N–H and O–H groups in total. The van der Waals surface area contributed by atoms with Gasteiger partial charge in [0, 0.05) is 12.1 Å². The van der Waals surface area contributed by atoms with Crippen LogP contribution < -0.4 is 5.32 Å². The maximum absolute atomic E-state index is 13.2. The summed E-state index contributed by atoms with van der Waals surface area (Å²) in [6.45, 7) is -0.0321. The molecule has 0 aliphatic rings. The van der Waals surface area contributed by atoms with Gasteiger partial charge >= 0.3 is 0 Å². The van der Waals surface area contributed by atoms with E-state index in [0.717, 1.165) is 23.3 Å². The predicted molar refractivity (Wildman–Crippen MR) is 93.4 cm³/mol. The molecule has 0 saturated carbocycles. The van der Waals surface area contributed by atoms with Crippen molar-refractivity contribution in [2.45, 2.75) is 6.10 Å². The molecule has 0 aliphatic carbocycles. The van der Waals surface area contributed by atoms with Gasteiger partial charge in [-0.15, -0.1) is 0 Å². The quantitative estimate of drug-likeness (QED) is 0.719. The van der Waals surface area contributed by atoms with E-state index in [2.05, 4.69) is 5.32 Å². The summed E-state index contributed by atoms with van der Waals surface area (Å²) < 4.78 is 26.0. The Morgan fingerprint density at radius 2 is 1.80 bits per heavy atom. The highest BCUT2D eigenvalue weighted by molar-refractivity contribution is 7.08. The first-order valence-corrected chi connectivity index (χ1v) is 8.53. The third-order valence-electron chi connectivity index (χ3n) is 3.79. The minimum absolute atomic E-state index is 0.00101. The second-order valence-corrected chi connectivity index (χ2v) is 6.27. The number of halogens is 2. The first-order chi connectivity index (χ1) is 12.0. The smallest absolute Gasteiger partial charge is 0.251 e. The van der Waals surface area contributed by atoms with E-state index >= 15 is 0 Å². The number of amides is 1. The maximum atomic E-state index is 13.2. The van der Waals surface area contributed by atoms with Gasteiger partial charge in [-0.1, -0.05) is 24.3 Å². The molecule has 1 heterocycles. The Labute approximate surface area is 147 Å². The van der Waals surface area contributed by atoms with Crippen LogP contribution in [0.15, 0.2) is 59.3 Å². The fourth-order valence-electron chi connectivity index (χ4n) is 2.37. The number of thiophene rings is 1. The molecule has 6 heteroatoms. The summed E-state index contributed by atoms with van der Waals surface area (Å²) in [5, 5.41) is 16.7. The fraction of sp³-hybridized carbons (Fsp3) is 0.105. The van der Waals surface area contributed by atoms with Gasteiger partial charge in [-0.25, -0.2) is 8.78 Å². The first kappa shape index (κ1) is 17.3. The molecule has 128 valence electrons. The van der Waals surface area contributed by atoms with Crippen molar-refractivity contribution in [3.05, 3.63) is 82.1 Å². The monoisotopic (exact) mass is 359 g/mol. The molecule has 1 amide bonds. The Hall–Kier alpha value is -2.57. The minimum atomic E-state index is -1.09. The third-order valence-corrected chi connectivity index (χ3v) is 4.47. The zero-order valence-corrected chi connectivity index (χ0v) is 13.9. The number of nitrogens with one attached hydrogen (secondary N) is 1. The molecule has 0 fully saturated rings. The van der Waals surface area contributed by atoms with Gasteiger partial charge in [-0.05, 0) is 51.7 Å². The number of aliphatic hydroxyl groups is 1. The number of hydrogen-bond donors (Lipinski definition) is 2. The molecular formula is C19H15F2NO2S. The second kappa shape index (κ2) is 7.55. The van der Waals surface area contributed by atoms with Gasteiger partial charge in [0.15, 0.2) is 11.6 Å². The number of carbonyl (C=O) groups excluding carboxylic acids is 1. The van der Waals surface area contributed by atoms with E-state index in [1.165, 1.54) is 6.07 Å². The van der Waals surface area contributed by atoms with Crippen molar-refractivity contribution < 1.29 is 18.7 Å². The van der Waals surface area contributed by atoms with Crippen molar-refractivity contribution in [1.29, 1.82) is 0 Å². The van der Waals surface area contributed by atoms with Crippen LogP contribution in [0.25, 0.3) is 11.1 Å². The van der Waals surface area contributed by atoms with Gasteiger partial charge in [0.25, 0.3) is 5.91 Å². The summed E-state index contributed by atoms with van der Waals surface area (Å²) in [5.41, 5.74) is 2.81. The Morgan fingerprint density at radius 1 is 1.04 bits per heavy atom. The molecular weight excluding hydrogens is 344 g/mol. The molecule has 0 aliphatic heterocycles. The minimum Gasteiger partial charge on any atom is -0.387 e. The van der Waals surface area contributed by atoms with Crippen LogP contribution in [-0.2, 0) is 0 Å². The molecule has 2 aromatic carbocycles. The predicted octanol–water partition coefficient (Wildman–Crippen LogP) is 4.16. The zero-order valence-electron chi connectivity index (χ0n) is 13.1. The molecule has 0 unspecified atom stereocenters. The molecule has 1 atom stereocenters. The summed E-state index contributed by atoms with van der Waals surface area (Å²) in [6, 6.07) is 12.3. The van der Waals surface area contributed by atoms with Crippen molar-refractivity contribution in [2.75, 3.05) is 6.54 Å². The Kier molecular flexibility index (Phi) is 5.21. The van der Waals surface area contributed by atoms with Crippen LogP contribution in [0.1, 0.15) is 22.0 Å². The lowest BCUT2D eigenvalue weighted by Crippen LogP contribution is -2.28. The molecule has 3 rings (SSSR count). The van der Waals surface area contributed by atoms with Crippen LogP contribution in [0, 0.1) is 11.6 Å². The summed E-state index contributed by atoms with van der Waals surface area (Å²) in [6.07, 6.45) is -0.897. The van der Waals surface area contributed by atoms with Crippen molar-refractivity contribution >= 4 is 17.2 Å². The lowest BCUT2D eigenvalue weighted by atomic mass is 10.0. The van der Waals surface area contributed by atoms with Crippen LogP contribution >= 0.6 is 11.3 Å². The Balaban J connectivity index is 1.61. The maximum Gasteiger partial charge on any atom is 0.251 e. The van der Waals surface area contributed by atoms with Crippen LogP contribution in [-0.4, -0.2) is 17.6 Å². The van der Waals surface area contributed by atoms with Crippen LogP contribution in [0.5, 0.6) is 0 Å². The van der Waals surface area contributed by atoms with E-state index in [1.54, 1.807) is 23.5 Å². The van der Waals surface area contributed by atoms with E-state index < -0.39 is 23.6 Å². The molecule has 0 radical (unpaired) electrons. The van der Waals surface area contributed by atoms with Gasteiger partial charge in [0.05, 0.1) is 6.10 Å². The van der Waals surface area contributed by atoms with Crippen molar-refractivity contribution in [3.63, 3.8) is 0 Å². The Morgan fingerprint density at radius 3 is 2.44 bits per heavy atom. The van der Waals surface area contributed by atoms with Gasteiger partial charge in [-0.2, -0.15) is 11.3 Å². The zero-order chi connectivity index (χ0) is 17.8. The molecule has 3 aromatic rings. The van der Waals surface area contributed by atoms with E-state index in [4.69, 9.17) is 0 Å². The van der Waals surface area contributed by atoms with Crippen molar-refractivity contribution in [3.8, 4) is 11.1 Å². The average molecular weight is 359 g/mol. The molecule has 0 spiro atoms. The topological polar surface area (TPSA) is 49.3 Å². The number of benzene rings is 2. The summed E-state index contributed by atoms with van der Waals surface area (Å²) in [5.74, 6) is -2.67. The molecule has 0 bridgehead atoms. The third kappa shape index (κ3) is 4.10. The summed E-state index contributed by atoms with van der Waals surface area (Å²) in [4.78, 5) is 11.9. The van der Waals surface area contributed by atoms with Crippen LogP contribution in [0.3, 0.4) is 0 Å². The highest BCUT2D eigenvalue weighted by atomic mass is 32.1. The largest absolute Gasteiger partial charge is 0.387 e.